The number of anilines is 1. The van der Waals surface area contributed by atoms with Crippen molar-refractivity contribution in [2.24, 2.45) is 10.9 Å². The molecule has 1 atom stereocenters. The van der Waals surface area contributed by atoms with Gasteiger partial charge in [-0.15, -0.1) is 24.0 Å². The van der Waals surface area contributed by atoms with Gasteiger partial charge in [-0.2, -0.15) is 0 Å². The summed E-state index contributed by atoms with van der Waals surface area (Å²) in [5, 5.41) is 7.72. The summed E-state index contributed by atoms with van der Waals surface area (Å²) < 4.78 is 2.19. The van der Waals surface area contributed by atoms with E-state index in [1.807, 2.05) is 30.6 Å². The van der Waals surface area contributed by atoms with E-state index in [4.69, 9.17) is 16.6 Å². The molecule has 3 rings (SSSR count). The average molecular weight is 531 g/mol. The third-order valence-electron chi connectivity index (χ3n) is 4.79. The van der Waals surface area contributed by atoms with Gasteiger partial charge >= 0.3 is 0 Å². The molecule has 0 saturated carbocycles. The summed E-state index contributed by atoms with van der Waals surface area (Å²) in [5.74, 6) is 2.43. The first kappa shape index (κ1) is 23.8. The Bertz CT molecular complexity index is 791. The summed E-state index contributed by atoms with van der Waals surface area (Å²) in [6, 6.07) is 8.41. The molecule has 29 heavy (non-hydrogen) atoms. The maximum absolute atomic E-state index is 6.14. The number of aromatic nitrogens is 2. The van der Waals surface area contributed by atoms with E-state index in [1.165, 1.54) is 5.69 Å². The maximum atomic E-state index is 6.14. The minimum atomic E-state index is 0. The van der Waals surface area contributed by atoms with Crippen molar-refractivity contribution in [3.8, 4) is 0 Å². The lowest BCUT2D eigenvalue weighted by molar-refractivity contribution is 0.507. The Morgan fingerprint density at radius 2 is 2.21 bits per heavy atom. The zero-order valence-electron chi connectivity index (χ0n) is 17.4. The van der Waals surface area contributed by atoms with Crippen LogP contribution in [0.1, 0.15) is 33.0 Å². The molecule has 2 heterocycles. The van der Waals surface area contributed by atoms with Gasteiger partial charge in [-0.1, -0.05) is 31.5 Å². The van der Waals surface area contributed by atoms with E-state index in [9.17, 15) is 0 Å². The monoisotopic (exact) mass is 530 g/mol. The summed E-state index contributed by atoms with van der Waals surface area (Å²) in [6.45, 7) is 10.8. The first-order chi connectivity index (χ1) is 13.5. The van der Waals surface area contributed by atoms with Crippen molar-refractivity contribution in [3.05, 3.63) is 47.5 Å². The molecule has 160 valence electrons. The quantitative estimate of drug-likeness (QED) is 0.321. The molecule has 0 spiro atoms. The Morgan fingerprint density at radius 1 is 1.38 bits per heavy atom. The fourth-order valence-electron chi connectivity index (χ4n) is 3.50. The van der Waals surface area contributed by atoms with Crippen LogP contribution in [0.3, 0.4) is 0 Å². The van der Waals surface area contributed by atoms with Gasteiger partial charge in [0.05, 0.1) is 0 Å². The SMILES string of the molecule is CCNC(=NCc1nccn1CC(C)C)NC1CCN(c2cccc(Cl)c2)C1.I. The molecule has 1 aromatic carbocycles. The van der Waals surface area contributed by atoms with E-state index in [1.54, 1.807) is 0 Å². The summed E-state index contributed by atoms with van der Waals surface area (Å²) >= 11 is 6.14. The average Bonchev–Trinajstić information content (AvgIpc) is 3.29. The van der Waals surface area contributed by atoms with Crippen molar-refractivity contribution in [1.82, 2.24) is 20.2 Å². The molecule has 1 fully saturated rings. The zero-order valence-corrected chi connectivity index (χ0v) is 20.5. The number of benzene rings is 1. The molecular formula is C21H32ClIN6. The number of rotatable bonds is 7. The number of halogens is 2. The molecule has 0 radical (unpaired) electrons. The highest BCUT2D eigenvalue weighted by molar-refractivity contribution is 14.0. The van der Waals surface area contributed by atoms with Crippen LogP contribution in [-0.2, 0) is 13.1 Å². The van der Waals surface area contributed by atoms with E-state index in [-0.39, 0.29) is 24.0 Å². The number of hydrogen-bond acceptors (Lipinski definition) is 3. The van der Waals surface area contributed by atoms with Crippen molar-refractivity contribution in [1.29, 1.82) is 0 Å². The molecule has 6 nitrogen and oxygen atoms in total. The predicted octanol–water partition coefficient (Wildman–Crippen LogP) is 4.14. The van der Waals surface area contributed by atoms with Gasteiger partial charge < -0.3 is 20.1 Å². The van der Waals surface area contributed by atoms with Gasteiger partial charge in [0, 0.05) is 55.3 Å². The highest BCUT2D eigenvalue weighted by atomic mass is 127. The molecule has 0 amide bonds. The molecule has 1 unspecified atom stereocenters. The van der Waals surface area contributed by atoms with Crippen LogP contribution in [-0.4, -0.2) is 41.2 Å². The van der Waals surface area contributed by atoms with Crippen LogP contribution in [0.15, 0.2) is 41.7 Å². The molecule has 2 N–H and O–H groups in total. The van der Waals surface area contributed by atoms with E-state index in [0.717, 1.165) is 49.4 Å². The third-order valence-corrected chi connectivity index (χ3v) is 5.02. The van der Waals surface area contributed by atoms with E-state index >= 15 is 0 Å². The second kappa shape index (κ2) is 11.6. The standard InChI is InChI=1S/C21H31ClN6.HI/c1-4-23-21(25-13-20-24-9-11-28(20)14-16(2)3)26-18-8-10-27(15-18)19-7-5-6-17(22)12-19;/h5-7,9,11-12,16,18H,4,8,10,13-15H2,1-3H3,(H2,23,25,26);1H. The second-order valence-electron chi connectivity index (χ2n) is 7.64. The molecule has 8 heteroatoms. The molecule has 1 aliphatic heterocycles. The fraction of sp³-hybridized carbons (Fsp3) is 0.524. The van der Waals surface area contributed by atoms with Gasteiger partial charge in [0.2, 0.25) is 0 Å². The second-order valence-corrected chi connectivity index (χ2v) is 8.08. The van der Waals surface area contributed by atoms with Gasteiger partial charge in [-0.25, -0.2) is 9.98 Å². The summed E-state index contributed by atoms with van der Waals surface area (Å²) in [5.41, 5.74) is 1.18. The van der Waals surface area contributed by atoms with Gasteiger partial charge in [0.25, 0.3) is 0 Å². The topological polar surface area (TPSA) is 57.5 Å². The lowest BCUT2D eigenvalue weighted by Crippen LogP contribution is -2.44. The number of nitrogens with zero attached hydrogens (tertiary/aromatic N) is 4. The Balaban J connectivity index is 0.00000300. The van der Waals surface area contributed by atoms with Crippen LogP contribution in [0.2, 0.25) is 5.02 Å². The molecule has 0 bridgehead atoms. The molecule has 0 aliphatic carbocycles. The Morgan fingerprint density at radius 3 is 2.93 bits per heavy atom. The number of guanidine groups is 1. The molecule has 1 aromatic heterocycles. The van der Waals surface area contributed by atoms with Crippen molar-refractivity contribution in [3.63, 3.8) is 0 Å². The largest absolute Gasteiger partial charge is 0.369 e. The van der Waals surface area contributed by atoms with Crippen LogP contribution >= 0.6 is 35.6 Å². The first-order valence-electron chi connectivity index (χ1n) is 10.1. The summed E-state index contributed by atoms with van der Waals surface area (Å²) in [6.07, 6.45) is 4.96. The molecular weight excluding hydrogens is 499 g/mol. The van der Waals surface area contributed by atoms with E-state index < -0.39 is 0 Å². The highest BCUT2D eigenvalue weighted by Crippen LogP contribution is 2.23. The van der Waals surface area contributed by atoms with Crippen LogP contribution in [0.5, 0.6) is 0 Å². The fourth-order valence-corrected chi connectivity index (χ4v) is 3.68. The van der Waals surface area contributed by atoms with Crippen LogP contribution in [0.4, 0.5) is 5.69 Å². The number of nitrogens with one attached hydrogen (secondary N) is 2. The number of hydrogen-bond donors (Lipinski definition) is 2. The molecule has 2 aromatic rings. The molecule has 1 saturated heterocycles. The highest BCUT2D eigenvalue weighted by Gasteiger charge is 2.23. The van der Waals surface area contributed by atoms with E-state index in [2.05, 4.69) is 51.9 Å². The smallest absolute Gasteiger partial charge is 0.191 e. The first-order valence-corrected chi connectivity index (χ1v) is 10.5. The lowest BCUT2D eigenvalue weighted by atomic mass is 10.2. The van der Waals surface area contributed by atoms with Crippen molar-refractivity contribution < 1.29 is 0 Å². The predicted molar refractivity (Wildman–Crippen MR) is 133 cm³/mol. The third kappa shape index (κ3) is 7.06. The van der Waals surface area contributed by atoms with E-state index in [0.29, 0.717) is 18.5 Å². The van der Waals surface area contributed by atoms with Crippen molar-refractivity contribution >= 4 is 47.2 Å². The maximum Gasteiger partial charge on any atom is 0.191 e. The van der Waals surface area contributed by atoms with Gasteiger partial charge in [0.1, 0.15) is 12.4 Å². The van der Waals surface area contributed by atoms with Gasteiger partial charge in [-0.3, -0.25) is 0 Å². The zero-order chi connectivity index (χ0) is 19.9. The minimum Gasteiger partial charge on any atom is -0.369 e. The van der Waals surface area contributed by atoms with Crippen molar-refractivity contribution in [2.45, 2.75) is 46.3 Å². The lowest BCUT2D eigenvalue weighted by Gasteiger charge is -2.20. The number of aliphatic imine (C=N–C) groups is 1. The van der Waals surface area contributed by atoms with Crippen LogP contribution in [0, 0.1) is 5.92 Å². The molecule has 1 aliphatic rings. The normalized spacial score (nSPS) is 16.8. The Kier molecular flexibility index (Phi) is 9.55. The summed E-state index contributed by atoms with van der Waals surface area (Å²) in [4.78, 5) is 11.6. The van der Waals surface area contributed by atoms with Crippen molar-refractivity contribution in [2.75, 3.05) is 24.5 Å². The Labute approximate surface area is 196 Å². The van der Waals surface area contributed by atoms with Crippen LogP contribution in [0.25, 0.3) is 0 Å². The minimum absolute atomic E-state index is 0. The number of imidazole rings is 1. The van der Waals surface area contributed by atoms with Gasteiger partial charge in [-0.05, 0) is 37.5 Å². The van der Waals surface area contributed by atoms with Gasteiger partial charge in [0.15, 0.2) is 5.96 Å². The summed E-state index contributed by atoms with van der Waals surface area (Å²) in [7, 11) is 0. The van der Waals surface area contributed by atoms with Crippen LogP contribution < -0.4 is 15.5 Å². The Hall–Kier alpha value is -1.48.